The monoisotopic (exact) mass is 337 g/mol. The van der Waals surface area contributed by atoms with Crippen molar-refractivity contribution < 1.29 is 4.79 Å². The van der Waals surface area contributed by atoms with Crippen molar-refractivity contribution in [2.45, 2.75) is 26.3 Å². The van der Waals surface area contributed by atoms with Gasteiger partial charge >= 0.3 is 0 Å². The van der Waals surface area contributed by atoms with E-state index in [0.29, 0.717) is 16.9 Å². The molecular formula is C17H19N7O. The van der Waals surface area contributed by atoms with Gasteiger partial charge in [0.1, 0.15) is 22.9 Å². The molecule has 25 heavy (non-hydrogen) atoms. The number of hydrogen-bond acceptors (Lipinski definition) is 7. The summed E-state index contributed by atoms with van der Waals surface area (Å²) in [5.41, 5.74) is 7.56. The van der Waals surface area contributed by atoms with Crippen LogP contribution in [0.5, 0.6) is 0 Å². The summed E-state index contributed by atoms with van der Waals surface area (Å²) in [5, 5.41) is 6.17. The highest BCUT2D eigenvalue weighted by Crippen LogP contribution is 2.23. The number of carbonyl (C=O) groups is 1. The fourth-order valence-corrected chi connectivity index (χ4v) is 2.21. The molecule has 8 nitrogen and oxygen atoms in total. The van der Waals surface area contributed by atoms with Crippen LogP contribution in [0.4, 0.5) is 17.5 Å². The number of aromatic nitrogens is 4. The second-order valence-corrected chi connectivity index (χ2v) is 6.26. The molecule has 0 saturated carbocycles. The topological polar surface area (TPSA) is 119 Å². The fourth-order valence-electron chi connectivity index (χ4n) is 2.21. The van der Waals surface area contributed by atoms with E-state index >= 15 is 0 Å². The van der Waals surface area contributed by atoms with Crippen LogP contribution < -0.4 is 16.4 Å². The number of aryl methyl sites for hydroxylation is 1. The Hall–Kier alpha value is -3.29. The van der Waals surface area contributed by atoms with E-state index in [9.17, 15) is 4.79 Å². The van der Waals surface area contributed by atoms with Gasteiger partial charge in [0.2, 0.25) is 11.9 Å². The van der Waals surface area contributed by atoms with E-state index in [1.165, 1.54) is 6.33 Å². The van der Waals surface area contributed by atoms with Gasteiger partial charge in [-0.25, -0.2) is 19.9 Å². The maximum atomic E-state index is 11.5. The van der Waals surface area contributed by atoms with E-state index in [4.69, 9.17) is 5.73 Å². The van der Waals surface area contributed by atoms with Gasteiger partial charge in [0, 0.05) is 5.69 Å². The van der Waals surface area contributed by atoms with Crippen LogP contribution in [0.25, 0.3) is 11.0 Å². The molecule has 3 rings (SSSR count). The number of benzene rings is 1. The Balaban J connectivity index is 1.99. The summed E-state index contributed by atoms with van der Waals surface area (Å²) in [5.74, 6) is 0.329. The van der Waals surface area contributed by atoms with E-state index in [-0.39, 0.29) is 5.95 Å². The van der Waals surface area contributed by atoms with Gasteiger partial charge in [-0.3, -0.25) is 4.79 Å². The minimum atomic E-state index is -0.979. The molecule has 0 aliphatic heterocycles. The standard InChI is InChI=1S/C17H19N7O/c1-10-5-4-6-11(7-10)22-14-13-12(20-9-21-14)8-19-16(23-13)24-17(2,3)15(18)25/h4-9H,1-3H3,(H2,18,25)(H,19,23,24)(H,20,21,22). The summed E-state index contributed by atoms with van der Waals surface area (Å²) < 4.78 is 0. The Morgan fingerprint density at radius 3 is 2.72 bits per heavy atom. The summed E-state index contributed by atoms with van der Waals surface area (Å²) in [4.78, 5) is 28.6. The Bertz CT molecular complexity index is 939. The van der Waals surface area contributed by atoms with Crippen molar-refractivity contribution in [2.75, 3.05) is 10.6 Å². The van der Waals surface area contributed by atoms with Crippen molar-refractivity contribution in [2.24, 2.45) is 5.73 Å². The second-order valence-electron chi connectivity index (χ2n) is 6.26. The van der Waals surface area contributed by atoms with Crippen molar-refractivity contribution in [1.29, 1.82) is 0 Å². The van der Waals surface area contributed by atoms with Gasteiger partial charge in [-0.05, 0) is 38.5 Å². The first-order chi connectivity index (χ1) is 11.8. The Kier molecular flexibility index (Phi) is 4.18. The Labute approximate surface area is 144 Å². The molecule has 3 aromatic rings. The van der Waals surface area contributed by atoms with Crippen LogP contribution >= 0.6 is 0 Å². The van der Waals surface area contributed by atoms with E-state index < -0.39 is 11.4 Å². The zero-order chi connectivity index (χ0) is 18.0. The molecule has 0 saturated heterocycles. The number of nitrogens with two attached hydrogens (primary N) is 1. The van der Waals surface area contributed by atoms with Gasteiger partial charge < -0.3 is 16.4 Å². The minimum Gasteiger partial charge on any atom is -0.368 e. The third-order valence-electron chi connectivity index (χ3n) is 3.70. The van der Waals surface area contributed by atoms with Crippen LogP contribution in [0.1, 0.15) is 19.4 Å². The van der Waals surface area contributed by atoms with Gasteiger partial charge in [-0.1, -0.05) is 12.1 Å². The molecule has 128 valence electrons. The van der Waals surface area contributed by atoms with E-state index in [1.807, 2.05) is 31.2 Å². The van der Waals surface area contributed by atoms with Crippen molar-refractivity contribution in [3.63, 3.8) is 0 Å². The molecule has 4 N–H and O–H groups in total. The largest absolute Gasteiger partial charge is 0.368 e. The highest BCUT2D eigenvalue weighted by atomic mass is 16.1. The van der Waals surface area contributed by atoms with Gasteiger partial charge in [-0.15, -0.1) is 0 Å². The smallest absolute Gasteiger partial charge is 0.242 e. The van der Waals surface area contributed by atoms with Crippen LogP contribution in [0, 0.1) is 6.92 Å². The molecule has 0 atom stereocenters. The summed E-state index contributed by atoms with van der Waals surface area (Å²) in [7, 11) is 0. The van der Waals surface area contributed by atoms with Gasteiger partial charge in [-0.2, -0.15) is 0 Å². The van der Waals surface area contributed by atoms with Gasteiger partial charge in [0.25, 0.3) is 0 Å². The van der Waals surface area contributed by atoms with E-state index in [2.05, 4.69) is 30.6 Å². The molecule has 0 fully saturated rings. The second kappa shape index (κ2) is 6.31. The molecule has 2 heterocycles. The zero-order valence-electron chi connectivity index (χ0n) is 14.2. The number of anilines is 3. The molecule has 0 unspecified atom stereocenters. The number of primary amides is 1. The number of fused-ring (bicyclic) bond motifs is 1. The SMILES string of the molecule is Cc1cccc(Nc2ncnc3cnc(NC(C)(C)C(N)=O)nc23)c1. The summed E-state index contributed by atoms with van der Waals surface area (Å²) in [6, 6.07) is 7.92. The van der Waals surface area contributed by atoms with Crippen LogP contribution in [-0.4, -0.2) is 31.4 Å². The van der Waals surface area contributed by atoms with Crippen LogP contribution in [-0.2, 0) is 4.79 Å². The zero-order valence-corrected chi connectivity index (χ0v) is 14.2. The predicted octanol–water partition coefficient (Wildman–Crippen LogP) is 2.15. The summed E-state index contributed by atoms with van der Waals surface area (Å²) >= 11 is 0. The van der Waals surface area contributed by atoms with Gasteiger partial charge in [0.05, 0.1) is 6.20 Å². The number of nitrogens with zero attached hydrogens (tertiary/aromatic N) is 4. The lowest BCUT2D eigenvalue weighted by atomic mass is 10.1. The van der Waals surface area contributed by atoms with Crippen molar-refractivity contribution in [3.8, 4) is 0 Å². The molecule has 0 spiro atoms. The molecule has 1 aromatic carbocycles. The quantitative estimate of drug-likeness (QED) is 0.652. The van der Waals surface area contributed by atoms with Crippen molar-refractivity contribution in [3.05, 3.63) is 42.4 Å². The van der Waals surface area contributed by atoms with Crippen LogP contribution in [0.15, 0.2) is 36.8 Å². The van der Waals surface area contributed by atoms with E-state index in [0.717, 1.165) is 11.3 Å². The molecule has 0 bridgehead atoms. The third kappa shape index (κ3) is 3.63. The number of rotatable bonds is 5. The van der Waals surface area contributed by atoms with Crippen molar-refractivity contribution >= 4 is 34.4 Å². The van der Waals surface area contributed by atoms with Crippen molar-refractivity contribution in [1.82, 2.24) is 19.9 Å². The maximum absolute atomic E-state index is 11.5. The highest BCUT2D eigenvalue weighted by molar-refractivity contribution is 5.89. The molecule has 2 aromatic heterocycles. The summed E-state index contributed by atoms with van der Waals surface area (Å²) in [6.45, 7) is 5.34. The maximum Gasteiger partial charge on any atom is 0.242 e. The first-order valence-electron chi connectivity index (χ1n) is 7.75. The number of nitrogens with one attached hydrogen (secondary N) is 2. The molecule has 1 amide bonds. The fraction of sp³-hybridized carbons (Fsp3) is 0.235. The molecule has 0 aliphatic carbocycles. The predicted molar refractivity (Wildman–Crippen MR) is 96.5 cm³/mol. The van der Waals surface area contributed by atoms with Crippen LogP contribution in [0.3, 0.4) is 0 Å². The van der Waals surface area contributed by atoms with Crippen LogP contribution in [0.2, 0.25) is 0 Å². The number of amides is 1. The lowest BCUT2D eigenvalue weighted by molar-refractivity contribution is -0.121. The first kappa shape index (κ1) is 16.6. The molecular weight excluding hydrogens is 318 g/mol. The lowest BCUT2D eigenvalue weighted by Gasteiger charge is -2.22. The Morgan fingerprint density at radius 1 is 1.20 bits per heavy atom. The first-order valence-corrected chi connectivity index (χ1v) is 7.75. The van der Waals surface area contributed by atoms with Gasteiger partial charge in [0.15, 0.2) is 5.82 Å². The molecule has 8 heteroatoms. The third-order valence-corrected chi connectivity index (χ3v) is 3.70. The van der Waals surface area contributed by atoms with E-state index in [1.54, 1.807) is 20.0 Å². The number of carbonyl (C=O) groups excluding carboxylic acids is 1. The summed E-state index contributed by atoms with van der Waals surface area (Å²) in [6.07, 6.45) is 3.02. The minimum absolute atomic E-state index is 0.276. The average molecular weight is 337 g/mol. The average Bonchev–Trinajstić information content (AvgIpc) is 2.55. The molecule has 0 radical (unpaired) electrons. The lowest BCUT2D eigenvalue weighted by Crippen LogP contribution is -2.45. The number of hydrogen-bond donors (Lipinski definition) is 3. The normalized spacial score (nSPS) is 11.3. The highest BCUT2D eigenvalue weighted by Gasteiger charge is 2.25. The molecule has 0 aliphatic rings. The Morgan fingerprint density at radius 2 is 2.00 bits per heavy atom.